The zero-order chi connectivity index (χ0) is 16.7. The van der Waals surface area contributed by atoms with Crippen molar-refractivity contribution in [3.8, 4) is 0 Å². The van der Waals surface area contributed by atoms with E-state index in [0.717, 1.165) is 6.42 Å². The van der Waals surface area contributed by atoms with Gasteiger partial charge < -0.3 is 5.32 Å². The average Bonchev–Trinajstić information content (AvgIpc) is 2.52. The zero-order valence-electron chi connectivity index (χ0n) is 13.0. The second kappa shape index (κ2) is 8.24. The van der Waals surface area contributed by atoms with Gasteiger partial charge in [0.25, 0.3) is 10.2 Å². The van der Waals surface area contributed by atoms with Crippen molar-refractivity contribution in [1.82, 2.24) is 9.62 Å². The molecule has 0 unspecified atom stereocenters. The minimum atomic E-state index is -3.61. The number of nitrogens with two attached hydrogens (primary N) is 1. The lowest BCUT2D eigenvalue weighted by molar-refractivity contribution is -0.121. The number of carbonyl (C=O) groups is 1. The fraction of sp³-hybridized carbons (Fsp3) is 0.438. The lowest BCUT2D eigenvalue weighted by Gasteiger charge is -2.30. The maximum atomic E-state index is 11.9. The van der Waals surface area contributed by atoms with Crippen LogP contribution in [-0.4, -0.2) is 37.8 Å². The second-order valence-corrected chi connectivity index (χ2v) is 7.20. The molecule has 1 saturated heterocycles. The van der Waals surface area contributed by atoms with E-state index in [9.17, 15) is 13.2 Å². The maximum absolute atomic E-state index is 11.9. The standard InChI is InChI=1S/C16H23N3O3S/c17-23(21,22)19-12-10-15(11-13-19)18-16(20)9-5-4-8-14-6-2-1-3-7-14/h1-7,15H,8-13H2,(H,18,20)(H2,17,21,22)/b5-4+. The minimum Gasteiger partial charge on any atom is -0.353 e. The fourth-order valence-corrected chi connectivity index (χ4v) is 3.28. The van der Waals surface area contributed by atoms with Crippen LogP contribution in [-0.2, 0) is 21.4 Å². The number of rotatable bonds is 6. The first-order valence-electron chi connectivity index (χ1n) is 7.71. The molecule has 0 spiro atoms. The van der Waals surface area contributed by atoms with Crippen molar-refractivity contribution >= 4 is 16.1 Å². The van der Waals surface area contributed by atoms with Crippen molar-refractivity contribution < 1.29 is 13.2 Å². The molecule has 0 saturated carbocycles. The molecule has 0 aliphatic carbocycles. The first kappa shape index (κ1) is 17.7. The van der Waals surface area contributed by atoms with Gasteiger partial charge in [0.2, 0.25) is 5.91 Å². The Bertz CT molecular complexity index is 636. The van der Waals surface area contributed by atoms with E-state index in [4.69, 9.17) is 5.14 Å². The summed E-state index contributed by atoms with van der Waals surface area (Å²) in [5.41, 5.74) is 1.21. The van der Waals surface area contributed by atoms with Crippen molar-refractivity contribution in [3.05, 3.63) is 48.0 Å². The summed E-state index contributed by atoms with van der Waals surface area (Å²) in [5, 5.41) is 8.02. The quantitative estimate of drug-likeness (QED) is 0.757. The van der Waals surface area contributed by atoms with Crippen molar-refractivity contribution in [2.75, 3.05) is 13.1 Å². The number of hydrogen-bond acceptors (Lipinski definition) is 3. The van der Waals surface area contributed by atoms with Gasteiger partial charge >= 0.3 is 0 Å². The van der Waals surface area contributed by atoms with E-state index in [0.29, 0.717) is 32.4 Å². The molecule has 1 fully saturated rings. The first-order valence-corrected chi connectivity index (χ1v) is 9.21. The lowest BCUT2D eigenvalue weighted by Crippen LogP contribution is -2.48. The van der Waals surface area contributed by atoms with Gasteiger partial charge in [0.1, 0.15) is 0 Å². The molecule has 6 nitrogen and oxygen atoms in total. The summed E-state index contributed by atoms with van der Waals surface area (Å²) in [4.78, 5) is 11.9. The van der Waals surface area contributed by atoms with E-state index in [2.05, 4.69) is 5.32 Å². The van der Waals surface area contributed by atoms with Crippen LogP contribution in [0.15, 0.2) is 42.5 Å². The van der Waals surface area contributed by atoms with Gasteiger partial charge in [0.05, 0.1) is 0 Å². The predicted octanol–water partition coefficient (Wildman–Crippen LogP) is 0.960. The van der Waals surface area contributed by atoms with Gasteiger partial charge in [-0.05, 0) is 24.8 Å². The third-order valence-electron chi connectivity index (χ3n) is 3.85. The smallest absolute Gasteiger partial charge is 0.276 e. The third kappa shape index (κ3) is 6.13. The fourth-order valence-electron chi connectivity index (χ4n) is 2.57. The monoisotopic (exact) mass is 337 g/mol. The third-order valence-corrected chi connectivity index (χ3v) is 4.93. The Balaban J connectivity index is 1.68. The molecule has 1 amide bonds. The van der Waals surface area contributed by atoms with Gasteiger partial charge in [-0.25, -0.2) is 5.14 Å². The van der Waals surface area contributed by atoms with Crippen LogP contribution < -0.4 is 10.5 Å². The van der Waals surface area contributed by atoms with Crippen LogP contribution in [0.3, 0.4) is 0 Å². The van der Waals surface area contributed by atoms with Crippen molar-refractivity contribution in [2.24, 2.45) is 5.14 Å². The Kier molecular flexibility index (Phi) is 6.32. The Labute approximate surface area is 137 Å². The molecular weight excluding hydrogens is 314 g/mol. The highest BCUT2D eigenvalue weighted by atomic mass is 32.2. The largest absolute Gasteiger partial charge is 0.353 e. The van der Waals surface area contributed by atoms with Crippen LogP contribution in [0, 0.1) is 0 Å². The van der Waals surface area contributed by atoms with E-state index >= 15 is 0 Å². The first-order chi connectivity index (χ1) is 10.9. The van der Waals surface area contributed by atoms with Gasteiger partial charge in [-0.3, -0.25) is 4.79 Å². The highest BCUT2D eigenvalue weighted by molar-refractivity contribution is 7.86. The molecule has 1 aliphatic heterocycles. The van der Waals surface area contributed by atoms with Crippen LogP contribution >= 0.6 is 0 Å². The molecular formula is C16H23N3O3S. The number of piperidine rings is 1. The summed E-state index contributed by atoms with van der Waals surface area (Å²) in [6, 6.07) is 10.1. The number of allylic oxidation sites excluding steroid dienone is 1. The summed E-state index contributed by atoms with van der Waals surface area (Å²) in [6.45, 7) is 0.710. The Hall–Kier alpha value is -1.70. The summed E-state index contributed by atoms with van der Waals surface area (Å²) < 4.78 is 23.7. The number of nitrogens with one attached hydrogen (secondary N) is 1. The SMILES string of the molecule is NS(=O)(=O)N1CCC(NC(=O)C/C=C/Cc2ccccc2)CC1. The molecule has 126 valence electrons. The van der Waals surface area contributed by atoms with E-state index in [-0.39, 0.29) is 11.9 Å². The molecule has 0 radical (unpaired) electrons. The van der Waals surface area contributed by atoms with Crippen LogP contribution in [0.4, 0.5) is 0 Å². The average molecular weight is 337 g/mol. The maximum Gasteiger partial charge on any atom is 0.276 e. The van der Waals surface area contributed by atoms with E-state index in [1.165, 1.54) is 9.87 Å². The summed E-state index contributed by atoms with van der Waals surface area (Å²) in [5.74, 6) is -0.0385. The molecule has 1 heterocycles. The van der Waals surface area contributed by atoms with Crippen molar-refractivity contribution in [2.45, 2.75) is 31.7 Å². The van der Waals surface area contributed by atoms with Crippen LogP contribution in [0.5, 0.6) is 0 Å². The Morgan fingerprint density at radius 3 is 2.48 bits per heavy atom. The molecule has 1 aliphatic rings. The number of benzene rings is 1. The van der Waals surface area contributed by atoms with Gasteiger partial charge in [-0.2, -0.15) is 12.7 Å². The normalized spacial score (nSPS) is 17.4. The summed E-state index contributed by atoms with van der Waals surface area (Å²) in [7, 11) is -3.61. The highest BCUT2D eigenvalue weighted by Crippen LogP contribution is 2.12. The summed E-state index contributed by atoms with van der Waals surface area (Å²) >= 11 is 0. The van der Waals surface area contributed by atoms with Gasteiger partial charge in [0.15, 0.2) is 0 Å². The highest BCUT2D eigenvalue weighted by Gasteiger charge is 2.25. The molecule has 1 aromatic rings. The molecule has 0 atom stereocenters. The van der Waals surface area contributed by atoms with E-state index in [1.54, 1.807) is 0 Å². The van der Waals surface area contributed by atoms with Crippen molar-refractivity contribution in [3.63, 3.8) is 0 Å². The predicted molar refractivity (Wildman–Crippen MR) is 89.7 cm³/mol. The number of amides is 1. The molecule has 7 heteroatoms. The van der Waals surface area contributed by atoms with Crippen LogP contribution in [0.25, 0.3) is 0 Å². The van der Waals surface area contributed by atoms with Gasteiger partial charge in [-0.15, -0.1) is 0 Å². The molecule has 0 bridgehead atoms. The molecule has 2 rings (SSSR count). The Morgan fingerprint density at radius 2 is 1.87 bits per heavy atom. The van der Waals surface area contributed by atoms with Crippen molar-refractivity contribution in [1.29, 1.82) is 0 Å². The number of carbonyl (C=O) groups excluding carboxylic acids is 1. The van der Waals surface area contributed by atoms with Crippen LogP contribution in [0.1, 0.15) is 24.8 Å². The van der Waals surface area contributed by atoms with Crippen LogP contribution in [0.2, 0.25) is 0 Å². The topological polar surface area (TPSA) is 92.5 Å². The molecule has 1 aromatic carbocycles. The molecule has 0 aromatic heterocycles. The van der Waals surface area contributed by atoms with E-state index in [1.807, 2.05) is 42.5 Å². The number of hydrogen-bond donors (Lipinski definition) is 2. The van der Waals surface area contributed by atoms with E-state index < -0.39 is 10.2 Å². The summed E-state index contributed by atoms with van der Waals surface area (Å²) in [6.07, 6.45) is 6.18. The van der Waals surface area contributed by atoms with Gasteiger partial charge in [-0.1, -0.05) is 42.5 Å². The molecule has 3 N–H and O–H groups in total. The van der Waals surface area contributed by atoms with Gasteiger partial charge in [0, 0.05) is 25.6 Å². The Morgan fingerprint density at radius 1 is 1.22 bits per heavy atom. The minimum absolute atomic E-state index is 0.0167. The lowest BCUT2D eigenvalue weighted by atomic mass is 10.1. The zero-order valence-corrected chi connectivity index (χ0v) is 13.8. The number of nitrogens with zero attached hydrogens (tertiary/aromatic N) is 1. The molecule has 23 heavy (non-hydrogen) atoms. The second-order valence-electron chi connectivity index (χ2n) is 5.65.